The van der Waals surface area contributed by atoms with E-state index in [-0.39, 0.29) is 15.0 Å². The van der Waals surface area contributed by atoms with Crippen LogP contribution in [0.5, 0.6) is 0 Å². The number of ether oxygens (including phenoxy) is 1. The molecule has 0 fully saturated rings. The van der Waals surface area contributed by atoms with Gasteiger partial charge in [0.25, 0.3) is 0 Å². The number of hydrogen-bond acceptors (Lipinski definition) is 3. The first-order chi connectivity index (χ1) is 8.26. The Balaban J connectivity index is 2.41. The minimum atomic E-state index is -0.433. The van der Waals surface area contributed by atoms with Crippen molar-refractivity contribution in [2.75, 3.05) is 11.9 Å². The molecule has 4 nitrogen and oxygen atoms in total. The quantitative estimate of drug-likeness (QED) is 0.666. The molecule has 0 atom stereocenters. The third-order valence-corrected chi connectivity index (χ3v) is 3.25. The molecular weight excluding hydrogens is 283 g/mol. The molecule has 0 unspecified atom stereocenters. The van der Waals surface area contributed by atoms with Crippen molar-refractivity contribution in [1.29, 1.82) is 5.26 Å². The van der Waals surface area contributed by atoms with Gasteiger partial charge in [-0.3, -0.25) is 0 Å². The number of benzene rings is 1. The summed E-state index contributed by atoms with van der Waals surface area (Å²) in [6.45, 7) is 2.48. The minimum absolute atomic E-state index is 0.153. The molecule has 0 aliphatic heterocycles. The molecule has 0 heterocycles. The van der Waals surface area contributed by atoms with E-state index in [9.17, 15) is 4.79 Å². The van der Waals surface area contributed by atoms with E-state index in [1.165, 1.54) is 0 Å². The van der Waals surface area contributed by atoms with Gasteiger partial charge in [-0.25, -0.2) is 0 Å². The molecule has 0 spiro atoms. The van der Waals surface area contributed by atoms with Gasteiger partial charge in [0.2, 0.25) is 0 Å². The predicted molar refractivity (Wildman–Crippen MR) is 67.3 cm³/mol. The van der Waals surface area contributed by atoms with Crippen molar-refractivity contribution in [2.45, 2.75) is 19.8 Å². The number of unbranched alkanes of at least 4 members (excludes halogenated alkanes) is 1. The van der Waals surface area contributed by atoms with E-state index in [1.807, 2.05) is 19.1 Å². The third kappa shape index (κ3) is 5.39. The van der Waals surface area contributed by atoms with Crippen LogP contribution in [0.1, 0.15) is 19.8 Å². The summed E-state index contributed by atoms with van der Waals surface area (Å²) in [5.41, 5.74) is 0.684. The second-order valence-electron chi connectivity index (χ2n) is 3.33. The van der Waals surface area contributed by atoms with Gasteiger partial charge in [-0.2, -0.15) is 0 Å². The second kappa shape index (κ2) is 7.72. The van der Waals surface area contributed by atoms with Crippen molar-refractivity contribution in [1.82, 2.24) is 0 Å². The molecule has 0 aliphatic rings. The monoisotopic (exact) mass is 298 g/mol. The van der Waals surface area contributed by atoms with Gasteiger partial charge in [0, 0.05) is 0 Å². The first kappa shape index (κ1) is 13.6. The van der Waals surface area contributed by atoms with Crippen LogP contribution >= 0.6 is 0 Å². The third-order valence-electron chi connectivity index (χ3n) is 2.00. The fourth-order valence-corrected chi connectivity index (χ4v) is 1.91. The number of hydrogen-bond donors (Lipinski definition) is 1. The first-order valence-corrected chi connectivity index (χ1v) is 7.07. The van der Waals surface area contributed by atoms with Crippen molar-refractivity contribution in [3.05, 3.63) is 24.3 Å². The maximum absolute atomic E-state index is 11.3. The predicted octanol–water partition coefficient (Wildman–Crippen LogP) is 1.85. The number of nitriles is 1. The van der Waals surface area contributed by atoms with Crippen molar-refractivity contribution in [2.24, 2.45) is 0 Å². The van der Waals surface area contributed by atoms with Gasteiger partial charge in [0.05, 0.1) is 0 Å². The van der Waals surface area contributed by atoms with Gasteiger partial charge >= 0.3 is 107 Å². The standard InChI is InChI=1S/C12H14N2O2Se/c1-2-3-8-16-12(15)14-10-4-6-11(7-5-10)17-9-13/h4-7H,2-3,8H2,1H3,(H,14,15). The van der Waals surface area contributed by atoms with Crippen LogP contribution in [0.15, 0.2) is 24.3 Å². The number of nitrogens with zero attached hydrogens (tertiary/aromatic N) is 1. The van der Waals surface area contributed by atoms with Crippen LogP contribution in [0.25, 0.3) is 0 Å². The summed E-state index contributed by atoms with van der Waals surface area (Å²) < 4.78 is 5.96. The van der Waals surface area contributed by atoms with E-state index < -0.39 is 6.09 Å². The Morgan fingerprint density at radius 1 is 1.47 bits per heavy atom. The number of amides is 1. The van der Waals surface area contributed by atoms with Crippen LogP contribution in [0.3, 0.4) is 0 Å². The average Bonchev–Trinajstić information content (AvgIpc) is 2.32. The van der Waals surface area contributed by atoms with Crippen LogP contribution < -0.4 is 9.78 Å². The fraction of sp³-hybridized carbons (Fsp3) is 0.333. The van der Waals surface area contributed by atoms with Crippen LogP contribution in [0.4, 0.5) is 10.5 Å². The van der Waals surface area contributed by atoms with Crippen molar-refractivity contribution < 1.29 is 9.53 Å². The number of anilines is 1. The number of nitrogens with one attached hydrogen (secondary N) is 1. The Morgan fingerprint density at radius 2 is 2.18 bits per heavy atom. The molecular formula is C12H14N2O2Se. The van der Waals surface area contributed by atoms with Gasteiger partial charge in [0.15, 0.2) is 0 Å². The summed E-state index contributed by atoms with van der Waals surface area (Å²) in [6, 6.07) is 7.22. The zero-order chi connectivity index (χ0) is 12.5. The molecule has 1 rings (SSSR count). The molecule has 0 aliphatic carbocycles. The molecule has 90 valence electrons. The average molecular weight is 297 g/mol. The fourth-order valence-electron chi connectivity index (χ4n) is 1.12. The Bertz CT molecular complexity index is 398. The molecule has 17 heavy (non-hydrogen) atoms. The van der Waals surface area contributed by atoms with Crippen molar-refractivity contribution >= 4 is 31.2 Å². The summed E-state index contributed by atoms with van der Waals surface area (Å²) in [7, 11) is 0. The molecule has 0 saturated carbocycles. The Morgan fingerprint density at radius 3 is 2.76 bits per heavy atom. The van der Waals surface area contributed by atoms with Crippen LogP contribution in [-0.4, -0.2) is 27.7 Å². The zero-order valence-electron chi connectivity index (χ0n) is 9.60. The van der Waals surface area contributed by atoms with E-state index in [2.05, 4.69) is 10.3 Å². The molecule has 0 bridgehead atoms. The van der Waals surface area contributed by atoms with E-state index in [0.29, 0.717) is 12.3 Å². The molecule has 1 amide bonds. The first-order valence-electron chi connectivity index (χ1n) is 5.36. The summed E-state index contributed by atoms with van der Waals surface area (Å²) in [5.74, 6) is 0. The van der Waals surface area contributed by atoms with E-state index in [1.54, 1.807) is 12.1 Å². The Hall–Kier alpha value is -1.50. The van der Waals surface area contributed by atoms with Gasteiger partial charge in [0.1, 0.15) is 0 Å². The summed E-state index contributed by atoms with van der Waals surface area (Å²) in [6.07, 6.45) is 1.44. The van der Waals surface area contributed by atoms with Gasteiger partial charge in [-0.05, 0) is 0 Å². The van der Waals surface area contributed by atoms with Crippen LogP contribution in [0.2, 0.25) is 0 Å². The molecule has 1 N–H and O–H groups in total. The SMILES string of the molecule is CCCCOC(=O)Nc1ccc([Se]C#N)cc1. The topological polar surface area (TPSA) is 62.1 Å². The normalized spacial score (nSPS) is 9.41. The Kier molecular flexibility index (Phi) is 6.16. The van der Waals surface area contributed by atoms with Gasteiger partial charge in [-0.15, -0.1) is 0 Å². The molecule has 1 aromatic carbocycles. The summed E-state index contributed by atoms with van der Waals surface area (Å²) in [5, 5.41) is 11.2. The molecule has 0 radical (unpaired) electrons. The van der Waals surface area contributed by atoms with E-state index in [4.69, 9.17) is 10.00 Å². The molecule has 0 saturated heterocycles. The van der Waals surface area contributed by atoms with Crippen molar-refractivity contribution in [3.63, 3.8) is 0 Å². The van der Waals surface area contributed by atoms with Crippen LogP contribution in [-0.2, 0) is 4.74 Å². The van der Waals surface area contributed by atoms with Crippen molar-refractivity contribution in [3.8, 4) is 4.97 Å². The van der Waals surface area contributed by atoms with Gasteiger partial charge in [-0.1, -0.05) is 0 Å². The number of carbonyl (C=O) groups is 1. The summed E-state index contributed by atoms with van der Waals surface area (Å²) in [4.78, 5) is 13.4. The number of carbonyl (C=O) groups excluding carboxylic acids is 1. The zero-order valence-corrected chi connectivity index (χ0v) is 11.3. The molecule has 1 aromatic rings. The van der Waals surface area contributed by atoms with E-state index in [0.717, 1.165) is 17.3 Å². The number of rotatable bonds is 5. The Labute approximate surface area is 107 Å². The summed E-state index contributed by atoms with van der Waals surface area (Å²) >= 11 is -0.153. The van der Waals surface area contributed by atoms with Gasteiger partial charge < -0.3 is 0 Å². The van der Waals surface area contributed by atoms with Crippen LogP contribution in [0, 0.1) is 10.2 Å². The maximum atomic E-state index is 11.3. The molecule has 0 aromatic heterocycles. The van der Waals surface area contributed by atoms with E-state index >= 15 is 0 Å². The second-order valence-corrected chi connectivity index (χ2v) is 5.13. The molecule has 5 heteroatoms.